The summed E-state index contributed by atoms with van der Waals surface area (Å²) in [6, 6.07) is 14.6. The van der Waals surface area contributed by atoms with Gasteiger partial charge in [0.2, 0.25) is 0 Å². The van der Waals surface area contributed by atoms with Gasteiger partial charge in [0, 0.05) is 29.0 Å². The number of benzene rings is 2. The third-order valence-electron chi connectivity index (χ3n) is 3.92. The number of hydrogen-bond donors (Lipinski definition) is 3. The molecule has 0 unspecified atom stereocenters. The molecule has 7 nitrogen and oxygen atoms in total. The summed E-state index contributed by atoms with van der Waals surface area (Å²) in [4.78, 5) is 24.2. The van der Waals surface area contributed by atoms with Crippen LogP contribution in [0.15, 0.2) is 59.6 Å². The first-order valence-electron chi connectivity index (χ1n) is 8.25. The van der Waals surface area contributed by atoms with E-state index in [1.165, 1.54) is 0 Å². The van der Waals surface area contributed by atoms with Crippen LogP contribution in [0.3, 0.4) is 0 Å². The molecule has 140 valence electrons. The number of rotatable bonds is 6. The van der Waals surface area contributed by atoms with E-state index in [0.717, 1.165) is 22.7 Å². The van der Waals surface area contributed by atoms with Crippen LogP contribution in [0.1, 0.15) is 10.4 Å². The van der Waals surface area contributed by atoms with Gasteiger partial charge in [0.15, 0.2) is 0 Å². The molecule has 0 aliphatic heterocycles. The number of aromatic nitrogens is 1. The Bertz CT molecular complexity index is 953. The van der Waals surface area contributed by atoms with Crippen LogP contribution in [0.2, 0.25) is 0 Å². The van der Waals surface area contributed by atoms with E-state index in [4.69, 9.17) is 9.94 Å². The molecule has 0 spiro atoms. The summed E-state index contributed by atoms with van der Waals surface area (Å²) in [5, 5.41) is 11.7. The maximum atomic E-state index is 12.4. The highest BCUT2D eigenvalue weighted by Gasteiger charge is 2.13. The number of amides is 2. The van der Waals surface area contributed by atoms with E-state index in [1.807, 2.05) is 42.1 Å². The Hall–Kier alpha value is -2.97. The number of ether oxygens (including phenoxy) is 1. The van der Waals surface area contributed by atoms with Gasteiger partial charge >= 0.3 is 5.24 Å². The zero-order chi connectivity index (χ0) is 19.2. The third kappa shape index (κ3) is 4.60. The Morgan fingerprint density at radius 1 is 1.15 bits per heavy atom. The lowest BCUT2D eigenvalue weighted by atomic mass is 10.1. The Balaban J connectivity index is 1.50. The fraction of sp³-hybridized carbons (Fsp3) is 0.158. The smallest absolute Gasteiger partial charge is 0.307 e. The van der Waals surface area contributed by atoms with Crippen molar-refractivity contribution >= 4 is 33.8 Å². The minimum absolute atomic E-state index is 0.142. The van der Waals surface area contributed by atoms with Crippen LogP contribution in [0, 0.1) is 0 Å². The molecule has 1 aromatic heterocycles. The molecule has 2 aromatic carbocycles. The Kier molecular flexibility index (Phi) is 6.00. The zero-order valence-electron chi connectivity index (χ0n) is 14.6. The van der Waals surface area contributed by atoms with Crippen LogP contribution < -0.4 is 15.5 Å². The summed E-state index contributed by atoms with van der Waals surface area (Å²) in [5.41, 5.74) is 3.20. The number of thioether (sulfide) groups is 1. The number of hydroxylamine groups is 1. The normalized spacial score (nSPS) is 10.6. The van der Waals surface area contributed by atoms with Crippen molar-refractivity contribution in [1.29, 1.82) is 0 Å². The second-order valence-electron chi connectivity index (χ2n) is 5.75. The monoisotopic (exact) mass is 385 g/mol. The molecule has 0 aliphatic carbocycles. The molecule has 0 atom stereocenters. The van der Waals surface area contributed by atoms with Crippen LogP contribution in [-0.2, 0) is 7.05 Å². The van der Waals surface area contributed by atoms with Gasteiger partial charge in [-0.2, -0.15) is 0 Å². The van der Waals surface area contributed by atoms with Crippen LogP contribution in [0.4, 0.5) is 4.79 Å². The lowest BCUT2D eigenvalue weighted by Crippen LogP contribution is -2.27. The van der Waals surface area contributed by atoms with Crippen molar-refractivity contribution in [3.63, 3.8) is 0 Å². The average Bonchev–Trinajstić information content (AvgIpc) is 3.03. The van der Waals surface area contributed by atoms with Crippen molar-refractivity contribution in [2.75, 3.05) is 13.2 Å². The first-order chi connectivity index (χ1) is 13.1. The molecule has 27 heavy (non-hydrogen) atoms. The van der Waals surface area contributed by atoms with Gasteiger partial charge in [-0.15, -0.1) is 0 Å². The maximum Gasteiger partial charge on any atom is 0.307 e. The van der Waals surface area contributed by atoms with Gasteiger partial charge < -0.3 is 14.6 Å². The van der Waals surface area contributed by atoms with Crippen LogP contribution in [0.5, 0.6) is 5.75 Å². The van der Waals surface area contributed by atoms with Crippen molar-refractivity contribution in [3.05, 3.63) is 60.3 Å². The first kappa shape index (κ1) is 18.8. The second kappa shape index (κ2) is 8.61. The van der Waals surface area contributed by atoms with Crippen molar-refractivity contribution in [3.8, 4) is 5.75 Å². The van der Waals surface area contributed by atoms with Gasteiger partial charge in [0.1, 0.15) is 12.4 Å². The van der Waals surface area contributed by atoms with Crippen LogP contribution >= 0.6 is 11.8 Å². The molecule has 2 amide bonds. The Morgan fingerprint density at radius 3 is 2.63 bits per heavy atom. The summed E-state index contributed by atoms with van der Waals surface area (Å²) < 4.78 is 7.52. The highest BCUT2D eigenvalue weighted by atomic mass is 32.2. The van der Waals surface area contributed by atoms with Crippen molar-refractivity contribution in [2.24, 2.45) is 7.05 Å². The molecule has 0 saturated heterocycles. The van der Waals surface area contributed by atoms with Gasteiger partial charge in [-0.05, 0) is 42.1 Å². The summed E-state index contributed by atoms with van der Waals surface area (Å²) in [5.74, 6) is 0.486. The number of nitrogens with zero attached hydrogens (tertiary/aromatic N) is 1. The SMILES string of the molecule is Cn1cc(C(=O)NCCOc2ccc(SC(=O)NO)cc2)c2ccccc21. The zero-order valence-corrected chi connectivity index (χ0v) is 15.5. The predicted molar refractivity (Wildman–Crippen MR) is 103 cm³/mol. The van der Waals surface area contributed by atoms with Crippen molar-refractivity contribution in [2.45, 2.75) is 4.90 Å². The molecule has 0 radical (unpaired) electrons. The number of nitrogens with one attached hydrogen (secondary N) is 2. The molecule has 0 saturated carbocycles. The lowest BCUT2D eigenvalue weighted by molar-refractivity contribution is 0.0948. The number of aryl methyl sites for hydroxylation is 1. The van der Waals surface area contributed by atoms with E-state index in [9.17, 15) is 9.59 Å². The molecule has 3 aromatic rings. The van der Waals surface area contributed by atoms with Crippen LogP contribution in [0.25, 0.3) is 10.9 Å². The van der Waals surface area contributed by atoms with Gasteiger partial charge in [0.05, 0.1) is 12.1 Å². The predicted octanol–water partition coefficient (Wildman–Crippen LogP) is 3.18. The molecule has 0 bridgehead atoms. The van der Waals surface area contributed by atoms with Gasteiger partial charge in [-0.25, -0.2) is 5.48 Å². The van der Waals surface area contributed by atoms with Crippen LogP contribution in [-0.4, -0.2) is 34.1 Å². The van der Waals surface area contributed by atoms with E-state index in [0.29, 0.717) is 29.4 Å². The number of carbonyl (C=O) groups excluding carboxylic acids is 2. The number of carbonyl (C=O) groups is 2. The minimum atomic E-state index is -0.556. The number of hydrogen-bond acceptors (Lipinski definition) is 5. The summed E-state index contributed by atoms with van der Waals surface area (Å²) in [7, 11) is 1.91. The summed E-state index contributed by atoms with van der Waals surface area (Å²) in [6.07, 6.45) is 1.82. The fourth-order valence-corrected chi connectivity index (χ4v) is 3.22. The Morgan fingerprint density at radius 2 is 1.89 bits per heavy atom. The van der Waals surface area contributed by atoms with E-state index in [2.05, 4.69) is 5.32 Å². The molecular weight excluding hydrogens is 366 g/mol. The molecule has 3 rings (SSSR count). The molecular formula is C19H19N3O4S. The van der Waals surface area contributed by atoms with E-state index in [1.54, 1.807) is 29.7 Å². The maximum absolute atomic E-state index is 12.4. The second-order valence-corrected chi connectivity index (χ2v) is 6.79. The van der Waals surface area contributed by atoms with Crippen molar-refractivity contribution in [1.82, 2.24) is 15.4 Å². The quantitative estimate of drug-likeness (QED) is 0.262. The lowest BCUT2D eigenvalue weighted by Gasteiger charge is -2.08. The first-order valence-corrected chi connectivity index (χ1v) is 9.07. The van der Waals surface area contributed by atoms with Gasteiger partial charge in [0.25, 0.3) is 5.91 Å². The van der Waals surface area contributed by atoms with Gasteiger partial charge in [-0.3, -0.25) is 14.8 Å². The Labute approximate surface area is 160 Å². The molecule has 0 aliphatic rings. The van der Waals surface area contributed by atoms with Crippen molar-refractivity contribution < 1.29 is 19.5 Å². The van der Waals surface area contributed by atoms with E-state index < -0.39 is 5.24 Å². The molecule has 3 N–H and O–H groups in total. The third-order valence-corrected chi connectivity index (χ3v) is 4.71. The number of para-hydroxylation sites is 1. The molecule has 1 heterocycles. The minimum Gasteiger partial charge on any atom is -0.492 e. The fourth-order valence-electron chi connectivity index (χ4n) is 2.69. The summed E-state index contributed by atoms with van der Waals surface area (Å²) in [6.45, 7) is 0.686. The average molecular weight is 385 g/mol. The standard InChI is InChI=1S/C19H19N3O4S/c1-22-12-16(15-4-2-3-5-17(15)22)18(23)20-10-11-26-13-6-8-14(9-7-13)27-19(24)21-25/h2-9,12,25H,10-11H2,1H3,(H,20,23)(H,21,24). The molecule has 8 heteroatoms. The van der Waals surface area contributed by atoms with E-state index >= 15 is 0 Å². The highest BCUT2D eigenvalue weighted by molar-refractivity contribution is 8.13. The number of fused-ring (bicyclic) bond motifs is 1. The van der Waals surface area contributed by atoms with E-state index in [-0.39, 0.29) is 5.91 Å². The highest BCUT2D eigenvalue weighted by Crippen LogP contribution is 2.22. The molecule has 0 fully saturated rings. The summed E-state index contributed by atoms with van der Waals surface area (Å²) >= 11 is 0.870. The largest absolute Gasteiger partial charge is 0.492 e. The topological polar surface area (TPSA) is 92.6 Å². The van der Waals surface area contributed by atoms with Gasteiger partial charge in [-0.1, -0.05) is 18.2 Å².